The van der Waals surface area contributed by atoms with Gasteiger partial charge in [-0.3, -0.25) is 9.59 Å². The van der Waals surface area contributed by atoms with E-state index in [0.717, 1.165) is 17.7 Å². The van der Waals surface area contributed by atoms with E-state index in [1.165, 1.54) is 0 Å². The second kappa shape index (κ2) is 6.42. The summed E-state index contributed by atoms with van der Waals surface area (Å²) < 4.78 is 0. The van der Waals surface area contributed by atoms with Crippen LogP contribution in [0.2, 0.25) is 5.02 Å². The van der Waals surface area contributed by atoms with Gasteiger partial charge in [-0.15, -0.1) is 0 Å². The smallest absolute Gasteiger partial charge is 0.236 e. The Balaban J connectivity index is 1.70. The number of nitrogens with one attached hydrogen (secondary N) is 1. The van der Waals surface area contributed by atoms with Crippen molar-refractivity contribution in [1.29, 1.82) is 0 Å². The SMILES string of the molecule is CC1Cc2ccccc2N1C(=O)CC(=O)Nc1ccccc1Cl. The maximum absolute atomic E-state index is 12.5. The standard InChI is InChI=1S/C18H17ClN2O2/c1-12-10-13-6-2-5-9-16(13)21(12)18(23)11-17(22)20-15-8-4-3-7-14(15)19/h2-9,12H,10-11H2,1H3,(H,20,22). The highest BCUT2D eigenvalue weighted by molar-refractivity contribution is 6.33. The maximum Gasteiger partial charge on any atom is 0.236 e. The third kappa shape index (κ3) is 3.22. The Kier molecular flexibility index (Phi) is 4.35. The summed E-state index contributed by atoms with van der Waals surface area (Å²) in [6, 6.07) is 14.8. The van der Waals surface area contributed by atoms with Gasteiger partial charge >= 0.3 is 0 Å². The van der Waals surface area contributed by atoms with Crippen LogP contribution < -0.4 is 10.2 Å². The molecule has 2 amide bonds. The molecule has 0 radical (unpaired) electrons. The van der Waals surface area contributed by atoms with Crippen LogP contribution in [0.15, 0.2) is 48.5 Å². The Morgan fingerprint density at radius 1 is 1.17 bits per heavy atom. The average Bonchev–Trinajstić information content (AvgIpc) is 2.85. The van der Waals surface area contributed by atoms with Crippen molar-refractivity contribution in [2.24, 2.45) is 0 Å². The topological polar surface area (TPSA) is 49.4 Å². The Morgan fingerprint density at radius 2 is 1.87 bits per heavy atom. The minimum Gasteiger partial charge on any atom is -0.324 e. The highest BCUT2D eigenvalue weighted by atomic mass is 35.5. The number of rotatable bonds is 3. The normalized spacial score (nSPS) is 16.1. The average molecular weight is 329 g/mol. The van der Waals surface area contributed by atoms with Crippen molar-refractivity contribution in [2.75, 3.05) is 10.2 Å². The van der Waals surface area contributed by atoms with Crippen LogP contribution in [0.1, 0.15) is 18.9 Å². The van der Waals surface area contributed by atoms with Crippen molar-refractivity contribution in [3.63, 3.8) is 0 Å². The van der Waals surface area contributed by atoms with E-state index in [1.54, 1.807) is 29.2 Å². The lowest BCUT2D eigenvalue weighted by Crippen LogP contribution is -2.37. The van der Waals surface area contributed by atoms with Crippen molar-refractivity contribution >= 4 is 34.8 Å². The van der Waals surface area contributed by atoms with Crippen LogP contribution in [0.3, 0.4) is 0 Å². The van der Waals surface area contributed by atoms with Crippen molar-refractivity contribution < 1.29 is 9.59 Å². The lowest BCUT2D eigenvalue weighted by Gasteiger charge is -2.22. The first-order valence-corrected chi connectivity index (χ1v) is 7.88. The lowest BCUT2D eigenvalue weighted by molar-refractivity contribution is -0.125. The number of carbonyl (C=O) groups is 2. The van der Waals surface area contributed by atoms with Gasteiger partial charge in [-0.25, -0.2) is 0 Å². The fourth-order valence-corrected chi connectivity index (χ4v) is 3.11. The quantitative estimate of drug-likeness (QED) is 0.874. The number of hydrogen-bond acceptors (Lipinski definition) is 2. The third-order valence-corrected chi connectivity index (χ3v) is 4.27. The molecule has 3 rings (SSSR count). The van der Waals surface area contributed by atoms with Crippen molar-refractivity contribution in [3.8, 4) is 0 Å². The number of carbonyl (C=O) groups excluding carboxylic acids is 2. The van der Waals surface area contributed by atoms with E-state index in [1.807, 2.05) is 31.2 Å². The number of nitrogens with zero attached hydrogens (tertiary/aromatic N) is 1. The molecule has 2 aromatic rings. The summed E-state index contributed by atoms with van der Waals surface area (Å²) in [5.74, 6) is -0.563. The molecule has 118 valence electrons. The molecule has 1 heterocycles. The molecule has 1 atom stereocenters. The number of hydrogen-bond donors (Lipinski definition) is 1. The minimum absolute atomic E-state index is 0.0630. The Bertz CT molecular complexity index is 760. The number of anilines is 2. The summed E-state index contributed by atoms with van der Waals surface area (Å²) in [6.07, 6.45) is 0.609. The molecule has 4 nitrogen and oxygen atoms in total. The van der Waals surface area contributed by atoms with Gasteiger partial charge in [0.1, 0.15) is 6.42 Å². The van der Waals surface area contributed by atoms with Gasteiger partial charge in [0.2, 0.25) is 11.8 Å². The first-order chi connectivity index (χ1) is 11.1. The summed E-state index contributed by atoms with van der Waals surface area (Å²) >= 11 is 6.01. The van der Waals surface area contributed by atoms with Gasteiger partial charge in [-0.05, 0) is 37.1 Å². The molecule has 1 aliphatic rings. The molecule has 0 fully saturated rings. The first-order valence-electron chi connectivity index (χ1n) is 7.50. The molecule has 0 saturated heterocycles. The number of fused-ring (bicyclic) bond motifs is 1. The number of para-hydroxylation sites is 2. The van der Waals surface area contributed by atoms with Gasteiger partial charge in [-0.2, -0.15) is 0 Å². The van der Waals surface area contributed by atoms with Crippen molar-refractivity contribution in [3.05, 3.63) is 59.1 Å². The largest absolute Gasteiger partial charge is 0.324 e. The van der Waals surface area contributed by atoms with Crippen LogP contribution in [0.5, 0.6) is 0 Å². The van der Waals surface area contributed by atoms with Crippen LogP contribution in [0.25, 0.3) is 0 Å². The molecule has 0 aromatic heterocycles. The van der Waals surface area contributed by atoms with E-state index >= 15 is 0 Å². The summed E-state index contributed by atoms with van der Waals surface area (Å²) in [5.41, 5.74) is 2.55. The molecular formula is C18H17ClN2O2. The van der Waals surface area contributed by atoms with E-state index < -0.39 is 0 Å². The molecule has 1 aliphatic heterocycles. The molecule has 0 spiro atoms. The van der Waals surface area contributed by atoms with E-state index in [9.17, 15) is 9.59 Å². The summed E-state index contributed by atoms with van der Waals surface area (Å²) in [5, 5.41) is 3.14. The zero-order valence-corrected chi connectivity index (χ0v) is 13.5. The number of halogens is 1. The van der Waals surface area contributed by atoms with E-state index in [2.05, 4.69) is 5.32 Å². The Morgan fingerprint density at radius 3 is 2.65 bits per heavy atom. The monoisotopic (exact) mass is 328 g/mol. The van der Waals surface area contributed by atoms with E-state index in [-0.39, 0.29) is 24.3 Å². The highest BCUT2D eigenvalue weighted by Crippen LogP contribution is 2.32. The second-order valence-electron chi connectivity index (χ2n) is 5.65. The molecule has 0 bridgehead atoms. The molecule has 1 unspecified atom stereocenters. The molecule has 0 saturated carbocycles. The van der Waals surface area contributed by atoms with Gasteiger partial charge < -0.3 is 10.2 Å². The summed E-state index contributed by atoms with van der Waals surface area (Å²) in [6.45, 7) is 1.99. The number of benzene rings is 2. The fraction of sp³-hybridized carbons (Fsp3) is 0.222. The third-order valence-electron chi connectivity index (χ3n) is 3.94. The molecular weight excluding hydrogens is 312 g/mol. The van der Waals surface area contributed by atoms with E-state index in [4.69, 9.17) is 11.6 Å². The van der Waals surface area contributed by atoms with Crippen molar-refractivity contribution in [2.45, 2.75) is 25.8 Å². The molecule has 0 aliphatic carbocycles. The first kappa shape index (κ1) is 15.6. The minimum atomic E-state index is -0.361. The van der Waals surface area contributed by atoms with Gasteiger partial charge in [0.05, 0.1) is 10.7 Å². The molecule has 5 heteroatoms. The lowest BCUT2D eigenvalue weighted by atomic mass is 10.1. The van der Waals surface area contributed by atoms with Crippen LogP contribution in [-0.2, 0) is 16.0 Å². The predicted octanol–water partition coefficient (Wildman–Crippen LogP) is 3.65. The van der Waals surface area contributed by atoms with Crippen LogP contribution in [-0.4, -0.2) is 17.9 Å². The highest BCUT2D eigenvalue weighted by Gasteiger charge is 2.31. The zero-order valence-electron chi connectivity index (χ0n) is 12.8. The summed E-state index contributed by atoms with van der Waals surface area (Å²) in [4.78, 5) is 26.4. The maximum atomic E-state index is 12.5. The molecule has 23 heavy (non-hydrogen) atoms. The number of amides is 2. The molecule has 1 N–H and O–H groups in total. The fourth-order valence-electron chi connectivity index (χ4n) is 2.93. The van der Waals surface area contributed by atoms with Crippen LogP contribution in [0, 0.1) is 0 Å². The van der Waals surface area contributed by atoms with Gasteiger partial charge in [0.25, 0.3) is 0 Å². The van der Waals surface area contributed by atoms with Crippen molar-refractivity contribution in [1.82, 2.24) is 0 Å². The predicted molar refractivity (Wildman–Crippen MR) is 91.8 cm³/mol. The Labute approximate surface area is 140 Å². The summed E-state index contributed by atoms with van der Waals surface area (Å²) in [7, 11) is 0. The van der Waals surface area contributed by atoms with E-state index in [0.29, 0.717) is 10.7 Å². The van der Waals surface area contributed by atoms with Gasteiger partial charge in [-0.1, -0.05) is 41.9 Å². The Hall–Kier alpha value is -2.33. The van der Waals surface area contributed by atoms with Gasteiger partial charge in [0, 0.05) is 11.7 Å². The second-order valence-corrected chi connectivity index (χ2v) is 6.06. The zero-order chi connectivity index (χ0) is 16.4. The van der Waals surface area contributed by atoms with Gasteiger partial charge in [0.15, 0.2) is 0 Å². The molecule has 2 aromatic carbocycles. The van der Waals surface area contributed by atoms with Crippen LogP contribution >= 0.6 is 11.6 Å². The van der Waals surface area contributed by atoms with Crippen LogP contribution in [0.4, 0.5) is 11.4 Å².